The third-order valence-corrected chi connectivity index (χ3v) is 4.71. The summed E-state index contributed by atoms with van der Waals surface area (Å²) in [5, 5.41) is 8.42. The molecule has 0 spiro atoms. The number of sulfonamides is 1. The first kappa shape index (κ1) is 13.4. The molecule has 0 aromatic heterocycles. The van der Waals surface area contributed by atoms with Crippen LogP contribution in [0.1, 0.15) is 38.5 Å². The maximum Gasteiger partial charge on any atom is 0.303 e. The van der Waals surface area contributed by atoms with Crippen molar-refractivity contribution >= 4 is 16.0 Å². The van der Waals surface area contributed by atoms with Gasteiger partial charge in [0.25, 0.3) is 0 Å². The molecule has 0 amide bonds. The summed E-state index contributed by atoms with van der Waals surface area (Å²) in [5.41, 5.74) is 0. The van der Waals surface area contributed by atoms with Gasteiger partial charge in [-0.15, -0.1) is 0 Å². The summed E-state index contributed by atoms with van der Waals surface area (Å²) in [7, 11) is -2.95. The van der Waals surface area contributed by atoms with Crippen LogP contribution in [0, 0.1) is 0 Å². The zero-order valence-corrected chi connectivity index (χ0v) is 10.2. The Balaban J connectivity index is 2.05. The standard InChI is InChI=1S/C10H19NO4S/c12-10(13)6-3-1-2-4-7-11-8-5-9-16(11,14)15/h1-9H2,(H,12,13). The molecule has 16 heavy (non-hydrogen) atoms. The van der Waals surface area contributed by atoms with Crippen LogP contribution in [0.25, 0.3) is 0 Å². The molecule has 1 N–H and O–H groups in total. The van der Waals surface area contributed by atoms with Gasteiger partial charge in [-0.05, 0) is 19.3 Å². The topological polar surface area (TPSA) is 74.7 Å². The van der Waals surface area contributed by atoms with Gasteiger partial charge in [0.15, 0.2) is 0 Å². The van der Waals surface area contributed by atoms with E-state index < -0.39 is 16.0 Å². The van der Waals surface area contributed by atoms with Crippen LogP contribution >= 0.6 is 0 Å². The molecular weight excluding hydrogens is 230 g/mol. The van der Waals surface area contributed by atoms with Crippen molar-refractivity contribution in [1.82, 2.24) is 4.31 Å². The van der Waals surface area contributed by atoms with E-state index in [2.05, 4.69) is 0 Å². The number of hydrogen-bond acceptors (Lipinski definition) is 3. The van der Waals surface area contributed by atoms with Gasteiger partial charge >= 0.3 is 5.97 Å². The number of carboxylic acid groups (broad SMARTS) is 1. The van der Waals surface area contributed by atoms with Gasteiger partial charge in [0.1, 0.15) is 0 Å². The van der Waals surface area contributed by atoms with Crippen LogP contribution in [0.2, 0.25) is 0 Å². The molecule has 0 aromatic carbocycles. The van der Waals surface area contributed by atoms with E-state index in [0.717, 1.165) is 25.7 Å². The van der Waals surface area contributed by atoms with Crippen molar-refractivity contribution < 1.29 is 18.3 Å². The van der Waals surface area contributed by atoms with E-state index in [-0.39, 0.29) is 12.2 Å². The molecule has 6 heteroatoms. The van der Waals surface area contributed by atoms with Crippen molar-refractivity contribution in [3.8, 4) is 0 Å². The summed E-state index contributed by atoms with van der Waals surface area (Å²) in [5.74, 6) is -0.478. The first-order valence-corrected chi connectivity index (χ1v) is 7.33. The zero-order valence-electron chi connectivity index (χ0n) is 9.39. The lowest BCUT2D eigenvalue weighted by Gasteiger charge is -2.13. The van der Waals surface area contributed by atoms with E-state index in [0.29, 0.717) is 19.5 Å². The van der Waals surface area contributed by atoms with Crippen molar-refractivity contribution in [2.75, 3.05) is 18.8 Å². The van der Waals surface area contributed by atoms with Crippen molar-refractivity contribution in [3.63, 3.8) is 0 Å². The van der Waals surface area contributed by atoms with Gasteiger partial charge in [0.2, 0.25) is 10.0 Å². The molecule has 0 aliphatic carbocycles. The van der Waals surface area contributed by atoms with Crippen LogP contribution in [-0.4, -0.2) is 42.6 Å². The molecule has 0 saturated carbocycles. The van der Waals surface area contributed by atoms with E-state index in [1.165, 1.54) is 0 Å². The summed E-state index contributed by atoms with van der Waals surface area (Å²) >= 11 is 0. The van der Waals surface area contributed by atoms with Crippen LogP contribution in [-0.2, 0) is 14.8 Å². The molecule has 1 rings (SSSR count). The molecule has 0 unspecified atom stereocenters. The smallest absolute Gasteiger partial charge is 0.303 e. The first-order valence-electron chi connectivity index (χ1n) is 5.72. The summed E-state index contributed by atoms with van der Waals surface area (Å²) in [6, 6.07) is 0. The predicted molar refractivity (Wildman–Crippen MR) is 60.7 cm³/mol. The molecule has 5 nitrogen and oxygen atoms in total. The van der Waals surface area contributed by atoms with Gasteiger partial charge in [-0.25, -0.2) is 12.7 Å². The molecule has 1 aliphatic rings. The number of hydrogen-bond donors (Lipinski definition) is 1. The Labute approximate surface area is 96.5 Å². The van der Waals surface area contributed by atoms with Crippen molar-refractivity contribution in [3.05, 3.63) is 0 Å². The van der Waals surface area contributed by atoms with Crippen molar-refractivity contribution in [2.24, 2.45) is 0 Å². The highest BCUT2D eigenvalue weighted by Gasteiger charge is 2.27. The minimum absolute atomic E-state index is 0.210. The fraction of sp³-hybridized carbons (Fsp3) is 0.900. The number of carboxylic acids is 1. The quantitative estimate of drug-likeness (QED) is 0.684. The minimum atomic E-state index is -2.95. The van der Waals surface area contributed by atoms with Gasteiger partial charge < -0.3 is 5.11 Å². The highest BCUT2D eigenvalue weighted by atomic mass is 32.2. The van der Waals surface area contributed by atoms with Crippen LogP contribution < -0.4 is 0 Å². The highest BCUT2D eigenvalue weighted by molar-refractivity contribution is 7.89. The van der Waals surface area contributed by atoms with Gasteiger partial charge in [0, 0.05) is 19.5 Å². The third-order valence-electron chi connectivity index (χ3n) is 2.75. The lowest BCUT2D eigenvalue weighted by atomic mass is 10.1. The molecule has 1 aliphatic heterocycles. The molecule has 0 radical (unpaired) electrons. The highest BCUT2D eigenvalue weighted by Crippen LogP contribution is 2.14. The van der Waals surface area contributed by atoms with E-state index in [9.17, 15) is 13.2 Å². The number of nitrogens with zero attached hydrogens (tertiary/aromatic N) is 1. The van der Waals surface area contributed by atoms with Crippen LogP contribution in [0.5, 0.6) is 0 Å². The monoisotopic (exact) mass is 249 g/mol. The van der Waals surface area contributed by atoms with Gasteiger partial charge in [-0.1, -0.05) is 12.8 Å². The molecule has 0 bridgehead atoms. The average Bonchev–Trinajstić information content (AvgIpc) is 2.51. The third kappa shape index (κ3) is 4.49. The zero-order chi connectivity index (χ0) is 12.0. The average molecular weight is 249 g/mol. The van der Waals surface area contributed by atoms with E-state index in [1.54, 1.807) is 4.31 Å². The molecule has 94 valence electrons. The second-order valence-corrected chi connectivity index (χ2v) is 6.22. The minimum Gasteiger partial charge on any atom is -0.481 e. The molecule has 1 heterocycles. The maximum atomic E-state index is 11.4. The normalized spacial score (nSPS) is 20.0. The second-order valence-electron chi connectivity index (χ2n) is 4.13. The van der Waals surface area contributed by atoms with Crippen molar-refractivity contribution in [2.45, 2.75) is 38.5 Å². The molecule has 0 atom stereocenters. The van der Waals surface area contributed by atoms with Gasteiger partial charge in [0.05, 0.1) is 5.75 Å². The first-order chi connectivity index (χ1) is 7.52. The maximum absolute atomic E-state index is 11.4. The Morgan fingerprint density at radius 2 is 1.88 bits per heavy atom. The summed E-state index contributed by atoms with van der Waals surface area (Å²) in [6.07, 6.45) is 4.23. The lowest BCUT2D eigenvalue weighted by Crippen LogP contribution is -2.26. The number of carbonyl (C=O) groups is 1. The van der Waals surface area contributed by atoms with Crippen LogP contribution in [0.4, 0.5) is 0 Å². The predicted octanol–water partition coefficient (Wildman–Crippen LogP) is 1.06. The Hall–Kier alpha value is -0.620. The summed E-state index contributed by atoms with van der Waals surface area (Å²) in [4.78, 5) is 10.2. The molecule has 1 saturated heterocycles. The van der Waals surface area contributed by atoms with Gasteiger partial charge in [-0.2, -0.15) is 0 Å². The molecular formula is C10H19NO4S. The van der Waals surface area contributed by atoms with E-state index in [4.69, 9.17) is 5.11 Å². The molecule has 0 aromatic rings. The number of rotatable bonds is 7. The fourth-order valence-corrected chi connectivity index (χ4v) is 3.43. The lowest BCUT2D eigenvalue weighted by molar-refractivity contribution is -0.137. The Kier molecular flexibility index (Phi) is 5.21. The van der Waals surface area contributed by atoms with Crippen LogP contribution in [0.15, 0.2) is 0 Å². The largest absolute Gasteiger partial charge is 0.481 e. The summed E-state index contributed by atoms with van der Waals surface area (Å²) < 4.78 is 24.4. The van der Waals surface area contributed by atoms with Crippen molar-refractivity contribution in [1.29, 1.82) is 0 Å². The second kappa shape index (κ2) is 6.20. The molecule has 1 fully saturated rings. The Morgan fingerprint density at radius 1 is 1.19 bits per heavy atom. The Bertz CT molecular complexity index is 326. The summed E-state index contributed by atoms with van der Waals surface area (Å²) in [6.45, 7) is 1.24. The number of unbranched alkanes of at least 4 members (excludes halogenated alkanes) is 3. The SMILES string of the molecule is O=C(O)CCCCCCN1CCCS1(=O)=O. The van der Waals surface area contributed by atoms with E-state index in [1.807, 2.05) is 0 Å². The fourth-order valence-electron chi connectivity index (χ4n) is 1.86. The van der Waals surface area contributed by atoms with E-state index >= 15 is 0 Å². The Morgan fingerprint density at radius 3 is 2.44 bits per heavy atom. The van der Waals surface area contributed by atoms with Crippen LogP contribution in [0.3, 0.4) is 0 Å². The van der Waals surface area contributed by atoms with Gasteiger partial charge in [-0.3, -0.25) is 4.79 Å². The number of aliphatic carboxylic acids is 1.